The zero-order chi connectivity index (χ0) is 11.6. The van der Waals surface area contributed by atoms with Gasteiger partial charge in [0.25, 0.3) is 0 Å². The van der Waals surface area contributed by atoms with Crippen LogP contribution in [0.1, 0.15) is 40.5 Å². The fraction of sp³-hybridized carbons (Fsp3) is 1.00. The van der Waals surface area contributed by atoms with Crippen molar-refractivity contribution in [3.63, 3.8) is 0 Å². The third-order valence-corrected chi connectivity index (χ3v) is 5.03. The third kappa shape index (κ3) is 1.33. The van der Waals surface area contributed by atoms with E-state index in [-0.39, 0.29) is 23.6 Å². The zero-order valence-corrected chi connectivity index (χ0v) is 10.7. The van der Waals surface area contributed by atoms with Crippen LogP contribution in [0.5, 0.6) is 0 Å². The number of rotatable bonds is 1. The molecule has 2 unspecified atom stereocenters. The summed E-state index contributed by atoms with van der Waals surface area (Å²) in [6.45, 7) is 10.3. The molecule has 1 aliphatic carbocycles. The average Bonchev–Trinajstić information content (AvgIpc) is 2.85. The standard InChI is InChI=1S/C12H21BO3/c1-10(2)11(3,4)16-13(15-10)12-5-6-14-8-9(12)7-12/h9H,5-8H2,1-4H3. The molecule has 0 aromatic heterocycles. The van der Waals surface area contributed by atoms with Crippen molar-refractivity contribution in [3.05, 3.63) is 0 Å². The molecule has 0 radical (unpaired) electrons. The predicted octanol–water partition coefficient (Wildman–Crippen LogP) is 2.26. The molecule has 2 saturated heterocycles. The molecular formula is C12H21BO3. The predicted molar refractivity (Wildman–Crippen MR) is 62.3 cm³/mol. The molecule has 0 spiro atoms. The van der Waals surface area contributed by atoms with Gasteiger partial charge in [-0.1, -0.05) is 0 Å². The first-order valence-electron chi connectivity index (χ1n) is 6.31. The molecular weight excluding hydrogens is 203 g/mol. The minimum atomic E-state index is -0.197. The van der Waals surface area contributed by atoms with Crippen LogP contribution in [0.15, 0.2) is 0 Å². The first-order valence-corrected chi connectivity index (χ1v) is 6.31. The van der Waals surface area contributed by atoms with E-state index in [2.05, 4.69) is 27.7 Å². The van der Waals surface area contributed by atoms with Crippen LogP contribution >= 0.6 is 0 Å². The van der Waals surface area contributed by atoms with Crippen LogP contribution in [-0.2, 0) is 14.0 Å². The highest BCUT2D eigenvalue weighted by Crippen LogP contribution is 2.68. The van der Waals surface area contributed by atoms with Crippen molar-refractivity contribution in [1.29, 1.82) is 0 Å². The van der Waals surface area contributed by atoms with Gasteiger partial charge in [-0.25, -0.2) is 0 Å². The molecule has 3 aliphatic rings. The Balaban J connectivity index is 1.79. The van der Waals surface area contributed by atoms with Crippen molar-refractivity contribution >= 4 is 7.12 Å². The van der Waals surface area contributed by atoms with Crippen LogP contribution in [0.25, 0.3) is 0 Å². The van der Waals surface area contributed by atoms with Gasteiger partial charge >= 0.3 is 7.12 Å². The second-order valence-corrected chi connectivity index (χ2v) is 6.55. The minimum absolute atomic E-state index is 0.0219. The Kier molecular flexibility index (Phi) is 2.10. The zero-order valence-electron chi connectivity index (χ0n) is 10.7. The van der Waals surface area contributed by atoms with Gasteiger partial charge in [0.05, 0.1) is 11.2 Å². The first-order chi connectivity index (χ1) is 7.37. The van der Waals surface area contributed by atoms with Gasteiger partial charge in [-0.05, 0) is 46.5 Å². The topological polar surface area (TPSA) is 27.7 Å². The summed E-state index contributed by atoms with van der Waals surface area (Å²) in [7, 11) is -0.0219. The van der Waals surface area contributed by atoms with Gasteiger partial charge in [-0.3, -0.25) is 0 Å². The Morgan fingerprint density at radius 1 is 1.06 bits per heavy atom. The lowest BCUT2D eigenvalue weighted by Crippen LogP contribution is -2.41. The molecule has 2 aliphatic heterocycles. The highest BCUT2D eigenvalue weighted by molar-refractivity contribution is 6.51. The number of ether oxygens (including phenoxy) is 1. The van der Waals surface area contributed by atoms with Crippen molar-refractivity contribution in [2.45, 2.75) is 57.1 Å². The molecule has 0 bridgehead atoms. The van der Waals surface area contributed by atoms with Gasteiger partial charge in [0, 0.05) is 18.5 Å². The van der Waals surface area contributed by atoms with Crippen molar-refractivity contribution in [2.75, 3.05) is 13.2 Å². The number of hydrogen-bond acceptors (Lipinski definition) is 3. The minimum Gasteiger partial charge on any atom is -0.403 e. The molecule has 3 nitrogen and oxygen atoms in total. The highest BCUT2D eigenvalue weighted by atomic mass is 16.7. The van der Waals surface area contributed by atoms with Crippen molar-refractivity contribution in [1.82, 2.24) is 0 Å². The molecule has 1 saturated carbocycles. The monoisotopic (exact) mass is 224 g/mol. The Hall–Kier alpha value is -0.0551. The van der Waals surface area contributed by atoms with Crippen LogP contribution in [0.4, 0.5) is 0 Å². The van der Waals surface area contributed by atoms with Crippen molar-refractivity contribution < 1.29 is 14.0 Å². The maximum atomic E-state index is 6.17. The van der Waals surface area contributed by atoms with E-state index in [9.17, 15) is 0 Å². The summed E-state index contributed by atoms with van der Waals surface area (Å²) in [5, 5.41) is 0.267. The third-order valence-electron chi connectivity index (χ3n) is 5.03. The molecule has 0 aromatic rings. The molecule has 3 rings (SSSR count). The number of hydrogen-bond donors (Lipinski definition) is 0. The average molecular weight is 224 g/mol. The summed E-state index contributed by atoms with van der Waals surface area (Å²) in [5.41, 5.74) is -0.393. The van der Waals surface area contributed by atoms with E-state index in [1.54, 1.807) is 0 Å². The van der Waals surface area contributed by atoms with Gasteiger partial charge in [-0.2, -0.15) is 0 Å². The van der Waals surface area contributed by atoms with E-state index in [1.165, 1.54) is 6.42 Å². The van der Waals surface area contributed by atoms with Gasteiger partial charge in [0.15, 0.2) is 0 Å². The van der Waals surface area contributed by atoms with Crippen LogP contribution in [-0.4, -0.2) is 31.5 Å². The molecule has 90 valence electrons. The molecule has 2 heterocycles. The van der Waals surface area contributed by atoms with Crippen LogP contribution < -0.4 is 0 Å². The lowest BCUT2D eigenvalue weighted by molar-refractivity contribution is 0.00578. The Bertz CT molecular complexity index is 299. The Morgan fingerprint density at radius 2 is 1.69 bits per heavy atom. The Morgan fingerprint density at radius 3 is 2.25 bits per heavy atom. The van der Waals surface area contributed by atoms with Gasteiger partial charge < -0.3 is 14.0 Å². The van der Waals surface area contributed by atoms with Gasteiger partial charge in [0.2, 0.25) is 0 Å². The maximum absolute atomic E-state index is 6.17. The van der Waals surface area contributed by atoms with Crippen LogP contribution in [0, 0.1) is 5.92 Å². The summed E-state index contributed by atoms with van der Waals surface area (Å²) in [4.78, 5) is 0. The number of fused-ring (bicyclic) bond motifs is 1. The summed E-state index contributed by atoms with van der Waals surface area (Å²) < 4.78 is 17.8. The quantitative estimate of drug-likeness (QED) is 0.639. The van der Waals surface area contributed by atoms with Crippen molar-refractivity contribution in [2.24, 2.45) is 5.92 Å². The summed E-state index contributed by atoms with van der Waals surface area (Å²) in [6.07, 6.45) is 2.30. The summed E-state index contributed by atoms with van der Waals surface area (Å²) in [5.74, 6) is 0.663. The molecule has 0 aromatic carbocycles. The van der Waals surface area contributed by atoms with Crippen LogP contribution in [0.2, 0.25) is 5.31 Å². The highest BCUT2D eigenvalue weighted by Gasteiger charge is 2.69. The summed E-state index contributed by atoms with van der Waals surface area (Å²) >= 11 is 0. The molecule has 0 N–H and O–H groups in total. The smallest absolute Gasteiger partial charge is 0.403 e. The van der Waals surface area contributed by atoms with Crippen molar-refractivity contribution in [3.8, 4) is 0 Å². The van der Waals surface area contributed by atoms with E-state index in [4.69, 9.17) is 14.0 Å². The van der Waals surface area contributed by atoms with E-state index in [1.807, 2.05) is 0 Å². The second kappa shape index (κ2) is 3.03. The summed E-state index contributed by atoms with van der Waals surface area (Å²) in [6, 6.07) is 0. The van der Waals surface area contributed by atoms with Gasteiger partial charge in [0.1, 0.15) is 0 Å². The fourth-order valence-electron chi connectivity index (χ4n) is 2.90. The lowest BCUT2D eigenvalue weighted by atomic mass is 9.64. The molecule has 4 heteroatoms. The second-order valence-electron chi connectivity index (χ2n) is 6.55. The van der Waals surface area contributed by atoms with Crippen LogP contribution in [0.3, 0.4) is 0 Å². The largest absolute Gasteiger partial charge is 0.464 e. The van der Waals surface area contributed by atoms with Gasteiger partial charge in [-0.15, -0.1) is 0 Å². The van der Waals surface area contributed by atoms with E-state index in [0.29, 0.717) is 5.92 Å². The first kappa shape index (κ1) is 11.1. The maximum Gasteiger partial charge on any atom is 0.464 e. The van der Waals surface area contributed by atoms with E-state index in [0.717, 1.165) is 19.6 Å². The SMILES string of the molecule is CC1(C)OB(C23CCOCC2C3)OC1(C)C. The molecule has 0 amide bonds. The molecule has 2 atom stereocenters. The molecule has 3 fully saturated rings. The Labute approximate surface area is 98.0 Å². The van der Waals surface area contributed by atoms with E-state index >= 15 is 0 Å². The normalized spacial score (nSPS) is 44.2. The lowest BCUT2D eigenvalue weighted by Gasteiger charge is -2.32. The molecule has 16 heavy (non-hydrogen) atoms. The fourth-order valence-corrected chi connectivity index (χ4v) is 2.90. The van der Waals surface area contributed by atoms with E-state index < -0.39 is 0 Å².